The second kappa shape index (κ2) is 3.46. The zero-order valence-corrected chi connectivity index (χ0v) is 4.40. The molecule has 0 saturated heterocycles. The van der Waals surface area contributed by atoms with Gasteiger partial charge in [0.05, 0.1) is 0 Å². The SMILES string of the molecule is BNC(=O)CC=C. The standard InChI is InChI=1S/C4H8BNO/c1-2-3-4(7)6-5/h2H,1,3,5H2,(H,6,7). The molecule has 0 unspecified atom stereocenters. The van der Waals surface area contributed by atoms with E-state index in [1.54, 1.807) is 14.1 Å². The van der Waals surface area contributed by atoms with Gasteiger partial charge >= 0.3 is 0 Å². The molecule has 0 heterocycles. The second-order valence-corrected chi connectivity index (χ2v) is 1.17. The van der Waals surface area contributed by atoms with E-state index >= 15 is 0 Å². The molecule has 0 aromatic rings. The van der Waals surface area contributed by atoms with Gasteiger partial charge in [0, 0.05) is 6.42 Å². The molecule has 7 heavy (non-hydrogen) atoms. The Hall–Kier alpha value is -0.725. The number of hydrogen-bond acceptors (Lipinski definition) is 1. The number of rotatable bonds is 2. The molecule has 0 spiro atoms. The highest BCUT2D eigenvalue weighted by molar-refractivity contribution is 6.14. The van der Waals surface area contributed by atoms with Gasteiger partial charge in [-0.2, -0.15) is 0 Å². The molecule has 0 aromatic carbocycles. The minimum atomic E-state index is 0.00926. The van der Waals surface area contributed by atoms with Crippen LogP contribution in [0.4, 0.5) is 0 Å². The van der Waals surface area contributed by atoms with Crippen molar-refractivity contribution in [3.63, 3.8) is 0 Å². The van der Waals surface area contributed by atoms with Crippen molar-refractivity contribution in [1.29, 1.82) is 0 Å². The van der Waals surface area contributed by atoms with Crippen molar-refractivity contribution in [2.24, 2.45) is 0 Å². The van der Waals surface area contributed by atoms with Crippen molar-refractivity contribution < 1.29 is 4.79 Å². The molecule has 0 rings (SSSR count). The second-order valence-electron chi connectivity index (χ2n) is 1.17. The van der Waals surface area contributed by atoms with Crippen molar-refractivity contribution in [1.82, 2.24) is 5.23 Å². The molecule has 0 aliphatic heterocycles. The molecule has 0 aromatic heterocycles. The molecule has 2 nitrogen and oxygen atoms in total. The first-order chi connectivity index (χ1) is 3.31. The van der Waals surface area contributed by atoms with Gasteiger partial charge in [-0.1, -0.05) is 6.08 Å². The zero-order chi connectivity index (χ0) is 5.70. The van der Waals surface area contributed by atoms with Crippen LogP contribution in [0.1, 0.15) is 6.42 Å². The predicted molar refractivity (Wildman–Crippen MR) is 31.5 cm³/mol. The Balaban J connectivity index is 3.17. The Bertz CT molecular complexity index is 81.8. The molecular formula is C4H8BNO. The van der Waals surface area contributed by atoms with Gasteiger partial charge in [0.15, 0.2) is 0 Å². The van der Waals surface area contributed by atoms with Crippen LogP contribution < -0.4 is 5.23 Å². The Morgan fingerprint density at radius 3 is 2.71 bits per heavy atom. The topological polar surface area (TPSA) is 29.1 Å². The van der Waals surface area contributed by atoms with Crippen molar-refractivity contribution in [3.8, 4) is 0 Å². The number of carbonyl (C=O) groups is 1. The van der Waals surface area contributed by atoms with Crippen LogP contribution in [-0.2, 0) is 4.79 Å². The minimum Gasteiger partial charge on any atom is -0.406 e. The molecule has 0 fully saturated rings. The van der Waals surface area contributed by atoms with Gasteiger partial charge < -0.3 is 5.23 Å². The van der Waals surface area contributed by atoms with Crippen molar-refractivity contribution in [2.45, 2.75) is 6.42 Å². The van der Waals surface area contributed by atoms with E-state index in [2.05, 4.69) is 11.8 Å². The molecule has 0 aliphatic rings. The van der Waals surface area contributed by atoms with E-state index < -0.39 is 0 Å². The van der Waals surface area contributed by atoms with Crippen molar-refractivity contribution >= 4 is 13.9 Å². The van der Waals surface area contributed by atoms with Gasteiger partial charge in [-0.25, -0.2) is 0 Å². The monoisotopic (exact) mass is 97.1 g/mol. The first-order valence-corrected chi connectivity index (χ1v) is 2.12. The maximum Gasteiger partial charge on any atom is 0.217 e. The fraction of sp³-hybridized carbons (Fsp3) is 0.250. The summed E-state index contributed by atoms with van der Waals surface area (Å²) in [4.78, 5) is 10.2. The summed E-state index contributed by atoms with van der Waals surface area (Å²) in [5.74, 6) is 0.00926. The number of carbonyl (C=O) groups excluding carboxylic acids is 1. The van der Waals surface area contributed by atoms with Crippen molar-refractivity contribution in [3.05, 3.63) is 12.7 Å². The number of amides is 1. The molecule has 0 radical (unpaired) electrons. The molecule has 38 valence electrons. The Morgan fingerprint density at radius 2 is 2.57 bits per heavy atom. The lowest BCUT2D eigenvalue weighted by Crippen LogP contribution is -2.17. The Kier molecular flexibility index (Phi) is 3.11. The average molecular weight is 96.9 g/mol. The van der Waals surface area contributed by atoms with Crippen LogP contribution in [-0.4, -0.2) is 13.9 Å². The van der Waals surface area contributed by atoms with E-state index in [1.807, 2.05) is 0 Å². The van der Waals surface area contributed by atoms with Crippen LogP contribution in [0.3, 0.4) is 0 Å². The van der Waals surface area contributed by atoms with E-state index in [0.717, 1.165) is 0 Å². The minimum absolute atomic E-state index is 0.00926. The molecule has 0 atom stereocenters. The lowest BCUT2D eigenvalue weighted by molar-refractivity contribution is -0.118. The lowest BCUT2D eigenvalue weighted by Gasteiger charge is -1.88. The summed E-state index contributed by atoms with van der Waals surface area (Å²) in [5, 5.41) is 2.46. The smallest absolute Gasteiger partial charge is 0.217 e. The van der Waals surface area contributed by atoms with Gasteiger partial charge in [-0.15, -0.1) is 6.58 Å². The van der Waals surface area contributed by atoms with Gasteiger partial charge in [0.1, 0.15) is 0 Å². The first kappa shape index (κ1) is 6.27. The maximum atomic E-state index is 10.2. The molecule has 3 heteroatoms. The zero-order valence-electron chi connectivity index (χ0n) is 4.40. The van der Waals surface area contributed by atoms with Crippen LogP contribution in [0.25, 0.3) is 0 Å². The highest BCUT2D eigenvalue weighted by atomic mass is 16.1. The highest BCUT2D eigenvalue weighted by Crippen LogP contribution is 1.74. The quantitative estimate of drug-likeness (QED) is 0.355. The summed E-state index contributed by atoms with van der Waals surface area (Å²) in [6, 6.07) is 0. The summed E-state index contributed by atoms with van der Waals surface area (Å²) < 4.78 is 0. The third-order valence-corrected chi connectivity index (χ3v) is 0.609. The van der Waals surface area contributed by atoms with Crippen LogP contribution in [0.2, 0.25) is 0 Å². The van der Waals surface area contributed by atoms with Gasteiger partial charge in [0.25, 0.3) is 0 Å². The molecular weight excluding hydrogens is 88.9 g/mol. The van der Waals surface area contributed by atoms with E-state index in [0.29, 0.717) is 6.42 Å². The third-order valence-electron chi connectivity index (χ3n) is 0.609. The van der Waals surface area contributed by atoms with Crippen molar-refractivity contribution in [2.75, 3.05) is 0 Å². The summed E-state index contributed by atoms with van der Waals surface area (Å²) in [7, 11) is 1.60. The van der Waals surface area contributed by atoms with Gasteiger partial charge in [0.2, 0.25) is 13.9 Å². The summed E-state index contributed by atoms with van der Waals surface area (Å²) in [6.45, 7) is 3.39. The fourth-order valence-electron chi connectivity index (χ4n) is 0.233. The largest absolute Gasteiger partial charge is 0.406 e. The van der Waals surface area contributed by atoms with Crippen LogP contribution in [0.15, 0.2) is 12.7 Å². The molecule has 1 N–H and O–H groups in total. The Labute approximate surface area is 44.0 Å². The molecule has 1 amide bonds. The molecule has 0 aliphatic carbocycles. The van der Waals surface area contributed by atoms with E-state index in [4.69, 9.17) is 0 Å². The van der Waals surface area contributed by atoms with Crippen LogP contribution in [0.5, 0.6) is 0 Å². The fourth-order valence-corrected chi connectivity index (χ4v) is 0.233. The predicted octanol–water partition coefficient (Wildman–Crippen LogP) is -0.773. The maximum absolute atomic E-state index is 10.2. The van der Waals surface area contributed by atoms with Gasteiger partial charge in [-0.05, 0) is 0 Å². The van der Waals surface area contributed by atoms with E-state index in [-0.39, 0.29) is 5.91 Å². The van der Waals surface area contributed by atoms with Gasteiger partial charge in [-0.3, -0.25) is 4.79 Å². The average Bonchev–Trinajstić information content (AvgIpc) is 1.68. The number of hydrogen-bond donors (Lipinski definition) is 1. The lowest BCUT2D eigenvalue weighted by atomic mass is 10.3. The summed E-state index contributed by atoms with van der Waals surface area (Å²) in [6.07, 6.45) is 1.98. The molecule has 0 bridgehead atoms. The van der Waals surface area contributed by atoms with E-state index in [1.165, 1.54) is 0 Å². The van der Waals surface area contributed by atoms with Crippen LogP contribution >= 0.6 is 0 Å². The summed E-state index contributed by atoms with van der Waals surface area (Å²) >= 11 is 0. The Morgan fingerprint density at radius 1 is 2.00 bits per heavy atom. The summed E-state index contributed by atoms with van der Waals surface area (Å²) in [5.41, 5.74) is 0. The third kappa shape index (κ3) is 3.10. The highest BCUT2D eigenvalue weighted by Gasteiger charge is 1.86. The molecule has 0 saturated carbocycles. The first-order valence-electron chi connectivity index (χ1n) is 2.12. The van der Waals surface area contributed by atoms with E-state index in [9.17, 15) is 4.79 Å². The van der Waals surface area contributed by atoms with Crippen LogP contribution in [0, 0.1) is 0 Å². The number of nitrogens with one attached hydrogen (secondary N) is 1. The normalized spacial score (nSPS) is 7.43.